The fourth-order valence-corrected chi connectivity index (χ4v) is 3.02. The molecule has 0 radical (unpaired) electrons. The Kier molecular flexibility index (Phi) is 4.82. The summed E-state index contributed by atoms with van der Waals surface area (Å²) in [5.41, 5.74) is 6.14. The van der Waals surface area contributed by atoms with Crippen molar-refractivity contribution in [1.82, 2.24) is 4.98 Å². The van der Waals surface area contributed by atoms with Gasteiger partial charge < -0.3 is 16.2 Å². The highest BCUT2D eigenvalue weighted by Gasteiger charge is 2.18. The Morgan fingerprint density at radius 2 is 2.35 bits per heavy atom. The molecule has 1 aromatic rings. The lowest BCUT2D eigenvalue weighted by atomic mass is 9.81. The molecule has 0 aromatic carbocycles. The van der Waals surface area contributed by atoms with Crippen LogP contribution >= 0.6 is 0 Å². The van der Waals surface area contributed by atoms with Gasteiger partial charge in [0.25, 0.3) is 0 Å². The van der Waals surface area contributed by atoms with Gasteiger partial charge in [-0.2, -0.15) is 0 Å². The van der Waals surface area contributed by atoms with Crippen molar-refractivity contribution in [2.75, 3.05) is 17.6 Å². The number of rotatable bonds is 5. The van der Waals surface area contributed by atoms with Crippen molar-refractivity contribution in [3.05, 3.63) is 17.8 Å². The maximum Gasteiger partial charge on any atom is 0.337 e. The number of hydrogen-bond donors (Lipinski definition) is 3. The molecule has 1 aliphatic rings. The quantitative estimate of drug-likeness (QED) is 0.770. The summed E-state index contributed by atoms with van der Waals surface area (Å²) in [4.78, 5) is 15.1. The zero-order valence-corrected chi connectivity index (χ0v) is 11.9. The smallest absolute Gasteiger partial charge is 0.337 e. The molecule has 2 rings (SSSR count). The molecule has 1 saturated carbocycles. The van der Waals surface area contributed by atoms with Crippen LogP contribution in [0.2, 0.25) is 0 Å². The van der Waals surface area contributed by atoms with E-state index >= 15 is 0 Å². The second kappa shape index (κ2) is 6.59. The molecular weight excluding hydrogens is 254 g/mol. The van der Waals surface area contributed by atoms with Crippen molar-refractivity contribution < 1.29 is 9.90 Å². The molecule has 0 bridgehead atoms. The number of nitrogens with one attached hydrogen (secondary N) is 1. The van der Waals surface area contributed by atoms with Crippen LogP contribution in [0.1, 0.15) is 49.4 Å². The third kappa shape index (κ3) is 3.62. The van der Waals surface area contributed by atoms with Gasteiger partial charge in [-0.1, -0.05) is 26.2 Å². The summed E-state index contributed by atoms with van der Waals surface area (Å²) in [6.45, 7) is 3.10. The van der Waals surface area contributed by atoms with E-state index in [4.69, 9.17) is 10.8 Å². The third-order valence-electron chi connectivity index (χ3n) is 4.11. The Hall–Kier alpha value is -1.78. The van der Waals surface area contributed by atoms with Crippen molar-refractivity contribution in [3.63, 3.8) is 0 Å². The monoisotopic (exact) mass is 277 g/mol. The number of aromatic carboxylic acids is 1. The number of nitrogens with zero attached hydrogens (tertiary/aromatic N) is 1. The number of nitrogens with two attached hydrogens (primary N) is 1. The first kappa shape index (κ1) is 14.6. The molecule has 1 aliphatic carbocycles. The number of aromatic nitrogens is 1. The van der Waals surface area contributed by atoms with Crippen LogP contribution in [0.4, 0.5) is 11.5 Å². The minimum atomic E-state index is -1.02. The van der Waals surface area contributed by atoms with E-state index in [-0.39, 0.29) is 11.3 Å². The molecule has 2 atom stereocenters. The number of nitrogen functional groups attached to an aromatic ring is 1. The summed E-state index contributed by atoms with van der Waals surface area (Å²) >= 11 is 0. The summed E-state index contributed by atoms with van der Waals surface area (Å²) in [6.07, 6.45) is 7.82. The minimum Gasteiger partial charge on any atom is -0.478 e. The van der Waals surface area contributed by atoms with E-state index in [1.54, 1.807) is 0 Å². The van der Waals surface area contributed by atoms with E-state index in [2.05, 4.69) is 17.2 Å². The molecule has 5 nitrogen and oxygen atoms in total. The average molecular weight is 277 g/mol. The predicted molar refractivity (Wildman–Crippen MR) is 79.8 cm³/mol. The fourth-order valence-electron chi connectivity index (χ4n) is 3.02. The molecule has 0 aliphatic heterocycles. The molecule has 1 aromatic heterocycles. The fraction of sp³-hybridized carbons (Fsp3) is 0.600. The Morgan fingerprint density at radius 1 is 1.55 bits per heavy atom. The zero-order chi connectivity index (χ0) is 14.5. The summed E-state index contributed by atoms with van der Waals surface area (Å²) < 4.78 is 0. The van der Waals surface area contributed by atoms with Gasteiger partial charge in [-0.25, -0.2) is 9.78 Å². The second-order valence-electron chi connectivity index (χ2n) is 5.78. The Labute approximate surface area is 119 Å². The van der Waals surface area contributed by atoms with Gasteiger partial charge in [-0.15, -0.1) is 0 Å². The topological polar surface area (TPSA) is 88.2 Å². The van der Waals surface area contributed by atoms with Gasteiger partial charge in [0.15, 0.2) is 0 Å². The summed E-state index contributed by atoms with van der Waals surface area (Å²) in [5.74, 6) is 1.05. The lowest BCUT2D eigenvalue weighted by molar-refractivity contribution is 0.0698. The number of carboxylic acid groups (broad SMARTS) is 1. The molecule has 0 amide bonds. The van der Waals surface area contributed by atoms with E-state index in [9.17, 15) is 4.79 Å². The highest BCUT2D eigenvalue weighted by Crippen LogP contribution is 2.30. The van der Waals surface area contributed by atoms with E-state index in [0.29, 0.717) is 5.82 Å². The molecule has 1 fully saturated rings. The summed E-state index contributed by atoms with van der Waals surface area (Å²) in [6, 6.07) is 1.42. The summed E-state index contributed by atoms with van der Waals surface area (Å²) in [5, 5.41) is 12.2. The van der Waals surface area contributed by atoms with Crippen molar-refractivity contribution >= 4 is 17.5 Å². The van der Waals surface area contributed by atoms with Gasteiger partial charge in [-0.05, 0) is 30.7 Å². The minimum absolute atomic E-state index is 0.105. The van der Waals surface area contributed by atoms with Crippen LogP contribution in [-0.4, -0.2) is 22.6 Å². The largest absolute Gasteiger partial charge is 0.478 e. The maximum absolute atomic E-state index is 11.0. The highest BCUT2D eigenvalue weighted by atomic mass is 16.4. The van der Waals surface area contributed by atoms with E-state index in [1.807, 2.05) is 0 Å². The Balaban J connectivity index is 1.88. The molecule has 5 heteroatoms. The lowest BCUT2D eigenvalue weighted by Gasteiger charge is -2.26. The van der Waals surface area contributed by atoms with Gasteiger partial charge in [0, 0.05) is 12.7 Å². The number of anilines is 2. The van der Waals surface area contributed by atoms with E-state index in [1.165, 1.54) is 37.9 Å². The number of carboxylic acids is 1. The van der Waals surface area contributed by atoms with Crippen LogP contribution in [-0.2, 0) is 0 Å². The average Bonchev–Trinajstić information content (AvgIpc) is 2.40. The van der Waals surface area contributed by atoms with Crippen LogP contribution in [0.25, 0.3) is 0 Å². The van der Waals surface area contributed by atoms with Gasteiger partial charge in [0.05, 0.1) is 11.3 Å². The summed E-state index contributed by atoms with van der Waals surface area (Å²) in [7, 11) is 0. The van der Waals surface area contributed by atoms with E-state index < -0.39 is 5.97 Å². The van der Waals surface area contributed by atoms with Gasteiger partial charge in [0.2, 0.25) is 0 Å². The standard InChI is InChI=1S/C15H23N3O2/c1-10-3-2-4-11(9-10)5-7-17-14-13(16)12(15(19)20)6-8-18-14/h6,8,10-11H,2-5,7,9,16H2,1H3,(H,17,18)(H,19,20). The first-order valence-electron chi connectivity index (χ1n) is 7.29. The third-order valence-corrected chi connectivity index (χ3v) is 4.11. The zero-order valence-electron chi connectivity index (χ0n) is 11.9. The molecule has 110 valence electrons. The van der Waals surface area contributed by atoms with Crippen molar-refractivity contribution in [2.24, 2.45) is 11.8 Å². The Bertz CT molecular complexity index is 476. The van der Waals surface area contributed by atoms with Crippen LogP contribution in [0.3, 0.4) is 0 Å². The lowest BCUT2D eigenvalue weighted by Crippen LogP contribution is -2.17. The van der Waals surface area contributed by atoms with Crippen molar-refractivity contribution in [1.29, 1.82) is 0 Å². The van der Waals surface area contributed by atoms with Crippen molar-refractivity contribution in [3.8, 4) is 0 Å². The molecule has 20 heavy (non-hydrogen) atoms. The first-order chi connectivity index (χ1) is 9.58. The van der Waals surface area contributed by atoms with Crippen LogP contribution < -0.4 is 11.1 Å². The molecule has 2 unspecified atom stereocenters. The molecule has 0 spiro atoms. The molecule has 4 N–H and O–H groups in total. The molecular formula is C15H23N3O2. The first-order valence-corrected chi connectivity index (χ1v) is 7.29. The van der Waals surface area contributed by atoms with Gasteiger partial charge in [0.1, 0.15) is 5.82 Å². The Morgan fingerprint density at radius 3 is 3.05 bits per heavy atom. The number of pyridine rings is 1. The predicted octanol–water partition coefficient (Wildman–Crippen LogP) is 2.99. The molecule has 0 saturated heterocycles. The molecule has 1 heterocycles. The van der Waals surface area contributed by atoms with Gasteiger partial charge >= 0.3 is 5.97 Å². The maximum atomic E-state index is 11.0. The van der Waals surface area contributed by atoms with Crippen LogP contribution in [0.15, 0.2) is 12.3 Å². The van der Waals surface area contributed by atoms with Crippen LogP contribution in [0.5, 0.6) is 0 Å². The number of carbonyl (C=O) groups is 1. The van der Waals surface area contributed by atoms with E-state index in [0.717, 1.165) is 24.8 Å². The van der Waals surface area contributed by atoms with Crippen molar-refractivity contribution in [2.45, 2.75) is 39.0 Å². The van der Waals surface area contributed by atoms with Crippen LogP contribution in [0, 0.1) is 11.8 Å². The SMILES string of the molecule is CC1CCCC(CCNc2nccc(C(=O)O)c2N)C1. The number of hydrogen-bond acceptors (Lipinski definition) is 4. The second-order valence-corrected chi connectivity index (χ2v) is 5.78. The highest BCUT2D eigenvalue weighted by molar-refractivity contribution is 5.96. The van der Waals surface area contributed by atoms with Gasteiger partial charge in [-0.3, -0.25) is 0 Å². The normalized spacial score (nSPS) is 22.4.